The van der Waals surface area contributed by atoms with Crippen LogP contribution in [0, 0.1) is 0 Å². The maximum atomic E-state index is 13.6. The first-order valence-electron chi connectivity index (χ1n) is 10.3. The lowest BCUT2D eigenvalue weighted by atomic mass is 10.1. The molecule has 0 saturated carbocycles. The molecule has 5 nitrogen and oxygen atoms in total. The Labute approximate surface area is 185 Å². The number of ether oxygens (including phenoxy) is 2. The molecule has 3 aromatic carbocycles. The van der Waals surface area contributed by atoms with E-state index in [1.165, 1.54) is 11.3 Å². The molecule has 1 heterocycles. The van der Waals surface area contributed by atoms with E-state index in [1.807, 2.05) is 68.4 Å². The Bertz CT molecular complexity index is 1140. The van der Waals surface area contributed by atoms with Crippen LogP contribution in [0.2, 0.25) is 0 Å². The maximum Gasteiger partial charge on any atom is 0.260 e. The zero-order valence-electron chi connectivity index (χ0n) is 17.6. The molecule has 0 spiro atoms. The zero-order valence-corrected chi connectivity index (χ0v) is 18.4. The molecule has 1 aromatic heterocycles. The van der Waals surface area contributed by atoms with E-state index in [0.717, 1.165) is 15.8 Å². The highest BCUT2D eigenvalue weighted by Gasteiger charge is 2.23. The van der Waals surface area contributed by atoms with Crippen molar-refractivity contribution in [3.8, 4) is 11.5 Å². The number of benzene rings is 3. The molecule has 0 saturated heterocycles. The van der Waals surface area contributed by atoms with Crippen molar-refractivity contribution in [3.05, 3.63) is 83.9 Å². The van der Waals surface area contributed by atoms with Gasteiger partial charge in [0.25, 0.3) is 5.91 Å². The van der Waals surface area contributed by atoms with Crippen LogP contribution in [0.4, 0.5) is 5.13 Å². The number of hydrogen-bond donors (Lipinski definition) is 0. The number of rotatable bonds is 8. The molecule has 0 aliphatic rings. The molecule has 0 N–H and O–H groups in total. The SMILES string of the molecule is CCOc1ccc(C(=O)N(Cc2ccccc2)c2nc3ccccc3s2)cc1OCC. The topological polar surface area (TPSA) is 51.7 Å². The largest absolute Gasteiger partial charge is 0.490 e. The second-order valence-electron chi connectivity index (χ2n) is 6.87. The van der Waals surface area contributed by atoms with Crippen LogP contribution in [-0.2, 0) is 6.54 Å². The van der Waals surface area contributed by atoms with E-state index in [-0.39, 0.29) is 5.91 Å². The molecule has 31 heavy (non-hydrogen) atoms. The van der Waals surface area contributed by atoms with Crippen molar-refractivity contribution in [1.29, 1.82) is 0 Å². The van der Waals surface area contributed by atoms with Crippen LogP contribution in [0.5, 0.6) is 11.5 Å². The standard InChI is InChI=1S/C25H24N2O3S/c1-3-29-21-15-14-19(16-22(21)30-4-2)24(28)27(17-18-10-6-5-7-11-18)25-26-20-12-8-9-13-23(20)31-25/h5-16H,3-4,17H2,1-2H3. The van der Waals surface area contributed by atoms with Crippen molar-refractivity contribution < 1.29 is 14.3 Å². The van der Waals surface area contributed by atoms with Crippen molar-refractivity contribution in [1.82, 2.24) is 4.98 Å². The number of fused-ring (bicyclic) bond motifs is 1. The van der Waals surface area contributed by atoms with E-state index in [4.69, 9.17) is 14.5 Å². The molecular weight excluding hydrogens is 408 g/mol. The van der Waals surface area contributed by atoms with E-state index >= 15 is 0 Å². The Hall–Kier alpha value is -3.38. The third-order valence-corrected chi connectivity index (χ3v) is 5.79. The quantitative estimate of drug-likeness (QED) is 0.346. The minimum atomic E-state index is -0.132. The predicted octanol–water partition coefficient (Wildman–Crippen LogP) is 5.94. The van der Waals surface area contributed by atoms with Crippen molar-refractivity contribution >= 4 is 32.6 Å². The molecule has 0 aliphatic heterocycles. The monoisotopic (exact) mass is 432 g/mol. The summed E-state index contributed by atoms with van der Waals surface area (Å²) < 4.78 is 12.4. The van der Waals surface area contributed by atoms with Gasteiger partial charge < -0.3 is 9.47 Å². The molecular formula is C25H24N2O3S. The van der Waals surface area contributed by atoms with Crippen molar-refractivity contribution in [2.75, 3.05) is 18.1 Å². The van der Waals surface area contributed by atoms with Gasteiger partial charge in [-0.3, -0.25) is 9.69 Å². The summed E-state index contributed by atoms with van der Waals surface area (Å²) in [7, 11) is 0. The van der Waals surface area contributed by atoms with Gasteiger partial charge in [-0.1, -0.05) is 53.8 Å². The van der Waals surface area contributed by atoms with Crippen molar-refractivity contribution in [2.24, 2.45) is 0 Å². The molecule has 0 aliphatic carbocycles. The Morgan fingerprint density at radius 1 is 0.903 bits per heavy atom. The molecule has 4 rings (SSSR count). The van der Waals surface area contributed by atoms with Gasteiger partial charge in [0.2, 0.25) is 0 Å². The fraction of sp³-hybridized carbons (Fsp3) is 0.200. The first-order valence-corrected chi connectivity index (χ1v) is 11.1. The Morgan fingerprint density at radius 3 is 2.35 bits per heavy atom. The molecule has 0 unspecified atom stereocenters. The molecule has 158 valence electrons. The van der Waals surface area contributed by atoms with Crippen molar-refractivity contribution in [3.63, 3.8) is 0 Å². The average Bonchev–Trinajstić information content (AvgIpc) is 3.23. The number of aromatic nitrogens is 1. The predicted molar refractivity (Wildman–Crippen MR) is 125 cm³/mol. The fourth-order valence-electron chi connectivity index (χ4n) is 3.31. The third-order valence-electron chi connectivity index (χ3n) is 4.73. The van der Waals surface area contributed by atoms with Gasteiger partial charge in [-0.05, 0) is 49.7 Å². The molecule has 1 amide bonds. The lowest BCUT2D eigenvalue weighted by molar-refractivity contribution is 0.0984. The molecule has 0 radical (unpaired) electrons. The second-order valence-corrected chi connectivity index (χ2v) is 7.88. The van der Waals surface area contributed by atoms with Gasteiger partial charge in [-0.25, -0.2) is 4.98 Å². The number of thiazole rings is 1. The Kier molecular flexibility index (Phi) is 6.48. The fourth-order valence-corrected chi connectivity index (χ4v) is 4.27. The summed E-state index contributed by atoms with van der Waals surface area (Å²) in [5.74, 6) is 1.07. The first kappa shape index (κ1) is 20.9. The van der Waals surface area contributed by atoms with Crippen LogP contribution < -0.4 is 14.4 Å². The van der Waals surface area contributed by atoms with Gasteiger partial charge in [0, 0.05) is 5.56 Å². The van der Waals surface area contributed by atoms with Crippen LogP contribution in [0.25, 0.3) is 10.2 Å². The number of nitrogens with zero attached hydrogens (tertiary/aromatic N) is 2. The highest BCUT2D eigenvalue weighted by molar-refractivity contribution is 7.22. The third kappa shape index (κ3) is 4.70. The number of para-hydroxylation sites is 1. The minimum Gasteiger partial charge on any atom is -0.490 e. The number of carbonyl (C=O) groups is 1. The number of hydrogen-bond acceptors (Lipinski definition) is 5. The highest BCUT2D eigenvalue weighted by atomic mass is 32.1. The number of carbonyl (C=O) groups excluding carboxylic acids is 1. The van der Waals surface area contributed by atoms with Gasteiger partial charge >= 0.3 is 0 Å². The van der Waals surface area contributed by atoms with E-state index in [2.05, 4.69) is 0 Å². The van der Waals surface area contributed by atoms with E-state index in [9.17, 15) is 4.79 Å². The highest BCUT2D eigenvalue weighted by Crippen LogP contribution is 2.33. The minimum absolute atomic E-state index is 0.132. The lowest BCUT2D eigenvalue weighted by Gasteiger charge is -2.21. The van der Waals surface area contributed by atoms with Gasteiger partial charge in [-0.15, -0.1) is 0 Å². The zero-order chi connectivity index (χ0) is 21.6. The summed E-state index contributed by atoms with van der Waals surface area (Å²) in [5, 5.41) is 0.668. The number of amides is 1. The Balaban J connectivity index is 1.73. The first-order chi connectivity index (χ1) is 15.2. The number of anilines is 1. The summed E-state index contributed by atoms with van der Waals surface area (Å²) in [4.78, 5) is 20.1. The van der Waals surface area contributed by atoms with Gasteiger partial charge in [0.15, 0.2) is 16.6 Å². The van der Waals surface area contributed by atoms with Crippen LogP contribution in [0.3, 0.4) is 0 Å². The average molecular weight is 433 g/mol. The van der Waals surface area contributed by atoms with Crippen LogP contribution >= 0.6 is 11.3 Å². The molecule has 0 atom stereocenters. The lowest BCUT2D eigenvalue weighted by Crippen LogP contribution is -2.30. The van der Waals surface area contributed by atoms with Crippen LogP contribution in [-0.4, -0.2) is 24.1 Å². The van der Waals surface area contributed by atoms with E-state index in [0.29, 0.717) is 42.0 Å². The molecule has 6 heteroatoms. The smallest absolute Gasteiger partial charge is 0.260 e. The van der Waals surface area contributed by atoms with Gasteiger partial charge in [-0.2, -0.15) is 0 Å². The summed E-state index contributed by atoms with van der Waals surface area (Å²) >= 11 is 1.51. The van der Waals surface area contributed by atoms with Gasteiger partial charge in [0.05, 0.1) is 30.0 Å². The normalized spacial score (nSPS) is 10.8. The van der Waals surface area contributed by atoms with Gasteiger partial charge in [0.1, 0.15) is 0 Å². The molecule has 4 aromatic rings. The molecule has 0 fully saturated rings. The van der Waals surface area contributed by atoms with E-state index in [1.54, 1.807) is 23.1 Å². The summed E-state index contributed by atoms with van der Waals surface area (Å²) in [6.07, 6.45) is 0. The summed E-state index contributed by atoms with van der Waals surface area (Å²) in [5.41, 5.74) is 2.45. The summed E-state index contributed by atoms with van der Waals surface area (Å²) in [6, 6.07) is 23.2. The second kappa shape index (κ2) is 9.62. The summed E-state index contributed by atoms with van der Waals surface area (Å²) in [6.45, 7) is 5.27. The van der Waals surface area contributed by atoms with E-state index < -0.39 is 0 Å². The molecule has 0 bridgehead atoms. The van der Waals surface area contributed by atoms with Crippen LogP contribution in [0.15, 0.2) is 72.8 Å². The Morgan fingerprint density at radius 2 is 1.61 bits per heavy atom. The van der Waals surface area contributed by atoms with Crippen molar-refractivity contribution in [2.45, 2.75) is 20.4 Å². The maximum absolute atomic E-state index is 13.6. The van der Waals surface area contributed by atoms with Crippen LogP contribution in [0.1, 0.15) is 29.8 Å².